The molecule has 1 aromatic rings. The van der Waals surface area contributed by atoms with E-state index in [1.165, 1.54) is 25.8 Å². The Morgan fingerprint density at radius 3 is 2.70 bits per heavy atom. The molecule has 1 aliphatic carbocycles. The van der Waals surface area contributed by atoms with E-state index in [-0.39, 0.29) is 0 Å². The van der Waals surface area contributed by atoms with Crippen LogP contribution in [0.5, 0.6) is 0 Å². The summed E-state index contributed by atoms with van der Waals surface area (Å²) >= 11 is 5.13. The third-order valence-electron chi connectivity index (χ3n) is 4.96. The van der Waals surface area contributed by atoms with Gasteiger partial charge in [0.2, 0.25) is 0 Å². The van der Waals surface area contributed by atoms with E-state index in [2.05, 4.69) is 29.2 Å². The topological polar surface area (TPSA) is 29.3 Å². The maximum Gasteiger partial charge on any atom is 0.0759 e. The Labute approximate surface area is 127 Å². The van der Waals surface area contributed by atoms with Crippen molar-refractivity contribution in [2.45, 2.75) is 38.0 Å². The number of likely N-dealkylation sites (tertiary alicyclic amines) is 1. The number of fused-ring (bicyclic) bond motifs is 1. The summed E-state index contributed by atoms with van der Waals surface area (Å²) in [6, 6.07) is 9.01. The summed E-state index contributed by atoms with van der Waals surface area (Å²) in [5, 5.41) is 0. The highest BCUT2D eigenvalue weighted by molar-refractivity contribution is 7.80. The van der Waals surface area contributed by atoms with Crippen LogP contribution in [0, 0.1) is 5.92 Å². The zero-order chi connectivity index (χ0) is 13.9. The fraction of sp³-hybridized carbons (Fsp3) is 0.588. The molecule has 1 aromatic carbocycles. The van der Waals surface area contributed by atoms with Crippen molar-refractivity contribution in [2.24, 2.45) is 11.7 Å². The van der Waals surface area contributed by atoms with Gasteiger partial charge in [-0.2, -0.15) is 0 Å². The van der Waals surface area contributed by atoms with Crippen LogP contribution in [0.15, 0.2) is 24.3 Å². The molecule has 0 radical (unpaired) electrons. The summed E-state index contributed by atoms with van der Waals surface area (Å²) in [5.41, 5.74) is 8.94. The largest absolute Gasteiger partial charge is 0.393 e. The van der Waals surface area contributed by atoms with E-state index in [9.17, 15) is 0 Å². The first-order chi connectivity index (χ1) is 9.74. The van der Waals surface area contributed by atoms with Crippen molar-refractivity contribution in [2.75, 3.05) is 19.6 Å². The third kappa shape index (κ3) is 3.04. The second kappa shape index (κ2) is 6.23. The van der Waals surface area contributed by atoms with Gasteiger partial charge in [0.05, 0.1) is 4.99 Å². The Hall–Kier alpha value is -0.930. The van der Waals surface area contributed by atoms with E-state index in [1.54, 1.807) is 11.1 Å². The van der Waals surface area contributed by atoms with Crippen molar-refractivity contribution in [3.63, 3.8) is 0 Å². The zero-order valence-electron chi connectivity index (χ0n) is 12.1. The first kappa shape index (κ1) is 14.0. The van der Waals surface area contributed by atoms with Crippen LogP contribution < -0.4 is 5.73 Å². The van der Waals surface area contributed by atoms with Gasteiger partial charge in [-0.15, -0.1) is 0 Å². The molecule has 1 unspecified atom stereocenters. The molecule has 1 fully saturated rings. The zero-order valence-corrected chi connectivity index (χ0v) is 12.9. The number of thiocarbonyl (C=S) groups is 1. The van der Waals surface area contributed by atoms with Crippen LogP contribution in [0.4, 0.5) is 0 Å². The van der Waals surface area contributed by atoms with Crippen LogP contribution >= 0.6 is 12.2 Å². The molecule has 0 aromatic heterocycles. The van der Waals surface area contributed by atoms with Crippen molar-refractivity contribution >= 4 is 17.2 Å². The Bertz CT molecular complexity index is 478. The molecule has 3 heteroatoms. The molecule has 0 saturated carbocycles. The van der Waals surface area contributed by atoms with Crippen molar-refractivity contribution < 1.29 is 0 Å². The molecule has 0 amide bonds. The monoisotopic (exact) mass is 288 g/mol. The van der Waals surface area contributed by atoms with E-state index in [1.807, 2.05) is 0 Å². The van der Waals surface area contributed by atoms with Gasteiger partial charge in [-0.3, -0.25) is 0 Å². The smallest absolute Gasteiger partial charge is 0.0759 e. The van der Waals surface area contributed by atoms with Crippen LogP contribution in [0.25, 0.3) is 0 Å². The molecule has 3 rings (SSSR count). The van der Waals surface area contributed by atoms with Gasteiger partial charge < -0.3 is 10.6 Å². The van der Waals surface area contributed by atoms with Crippen molar-refractivity contribution in [1.29, 1.82) is 0 Å². The lowest BCUT2D eigenvalue weighted by molar-refractivity contribution is 0.193. The van der Waals surface area contributed by atoms with E-state index in [4.69, 9.17) is 18.0 Å². The summed E-state index contributed by atoms with van der Waals surface area (Å²) in [6.45, 7) is 3.52. The summed E-state index contributed by atoms with van der Waals surface area (Å²) in [4.78, 5) is 3.33. The number of benzene rings is 1. The Morgan fingerprint density at radius 2 is 1.95 bits per heavy atom. The minimum Gasteiger partial charge on any atom is -0.393 e. The van der Waals surface area contributed by atoms with Crippen LogP contribution in [0.1, 0.15) is 42.7 Å². The minimum absolute atomic E-state index is 0.472. The van der Waals surface area contributed by atoms with Crippen LogP contribution in [0.3, 0.4) is 0 Å². The minimum atomic E-state index is 0.472. The van der Waals surface area contributed by atoms with Gasteiger partial charge in [0.15, 0.2) is 0 Å². The quantitative estimate of drug-likeness (QED) is 0.867. The molecule has 108 valence electrons. The predicted molar refractivity (Wildman–Crippen MR) is 88.1 cm³/mol. The number of piperidine rings is 1. The second-order valence-electron chi connectivity index (χ2n) is 6.27. The average Bonchev–Trinajstić information content (AvgIpc) is 2.48. The molecule has 1 saturated heterocycles. The number of nitrogens with zero attached hydrogens (tertiary/aromatic N) is 1. The number of rotatable bonds is 3. The SMILES string of the molecule is NC(=S)C1CCN(CC2CCCc3ccccc32)CC1. The Balaban J connectivity index is 1.61. The molecular weight excluding hydrogens is 264 g/mol. The van der Waals surface area contributed by atoms with Gasteiger partial charge in [-0.05, 0) is 62.2 Å². The van der Waals surface area contributed by atoms with Gasteiger partial charge in [-0.25, -0.2) is 0 Å². The first-order valence-electron chi connectivity index (χ1n) is 7.83. The van der Waals surface area contributed by atoms with Gasteiger partial charge >= 0.3 is 0 Å². The van der Waals surface area contributed by atoms with Crippen molar-refractivity contribution in [3.8, 4) is 0 Å². The van der Waals surface area contributed by atoms with E-state index < -0.39 is 0 Å². The van der Waals surface area contributed by atoms with E-state index in [0.29, 0.717) is 10.9 Å². The lowest BCUT2D eigenvalue weighted by atomic mass is 9.82. The maximum absolute atomic E-state index is 5.77. The number of hydrogen-bond donors (Lipinski definition) is 1. The van der Waals surface area contributed by atoms with E-state index in [0.717, 1.165) is 31.8 Å². The molecular formula is C17H24N2S. The highest BCUT2D eigenvalue weighted by Gasteiger charge is 2.25. The lowest BCUT2D eigenvalue weighted by Crippen LogP contribution is -2.40. The molecule has 1 heterocycles. The standard InChI is InChI=1S/C17H24N2S/c18-17(20)14-8-10-19(11-9-14)12-15-6-3-5-13-4-1-2-7-16(13)15/h1-2,4,7,14-15H,3,5-6,8-12H2,(H2,18,20). The predicted octanol–water partition coefficient (Wildman–Crippen LogP) is 3.10. The summed E-state index contributed by atoms with van der Waals surface area (Å²) in [6.07, 6.45) is 6.22. The average molecular weight is 288 g/mol. The van der Waals surface area contributed by atoms with Gasteiger partial charge in [0, 0.05) is 12.5 Å². The molecule has 20 heavy (non-hydrogen) atoms. The van der Waals surface area contributed by atoms with Gasteiger partial charge in [0.25, 0.3) is 0 Å². The molecule has 0 bridgehead atoms. The van der Waals surface area contributed by atoms with Gasteiger partial charge in [-0.1, -0.05) is 36.5 Å². The fourth-order valence-electron chi connectivity index (χ4n) is 3.76. The van der Waals surface area contributed by atoms with Crippen LogP contribution in [0.2, 0.25) is 0 Å². The van der Waals surface area contributed by atoms with Gasteiger partial charge in [0.1, 0.15) is 0 Å². The van der Waals surface area contributed by atoms with Crippen molar-refractivity contribution in [1.82, 2.24) is 4.90 Å². The maximum atomic E-state index is 5.77. The first-order valence-corrected chi connectivity index (χ1v) is 8.24. The van der Waals surface area contributed by atoms with Crippen LogP contribution in [-0.2, 0) is 6.42 Å². The molecule has 2 N–H and O–H groups in total. The molecule has 2 nitrogen and oxygen atoms in total. The summed E-state index contributed by atoms with van der Waals surface area (Å²) < 4.78 is 0. The summed E-state index contributed by atoms with van der Waals surface area (Å²) in [7, 11) is 0. The third-order valence-corrected chi connectivity index (χ3v) is 5.30. The fourth-order valence-corrected chi connectivity index (χ4v) is 3.99. The highest BCUT2D eigenvalue weighted by atomic mass is 32.1. The number of hydrogen-bond acceptors (Lipinski definition) is 2. The van der Waals surface area contributed by atoms with E-state index >= 15 is 0 Å². The Kier molecular flexibility index (Phi) is 4.37. The molecule has 1 aliphatic heterocycles. The summed E-state index contributed by atoms with van der Waals surface area (Å²) in [5.74, 6) is 1.20. The second-order valence-corrected chi connectivity index (χ2v) is 6.74. The molecule has 2 aliphatic rings. The Morgan fingerprint density at radius 1 is 1.20 bits per heavy atom. The number of aryl methyl sites for hydroxylation is 1. The lowest BCUT2D eigenvalue weighted by Gasteiger charge is -2.35. The molecule has 0 spiro atoms. The molecule has 1 atom stereocenters. The number of nitrogens with two attached hydrogens (primary N) is 1. The van der Waals surface area contributed by atoms with Crippen LogP contribution in [-0.4, -0.2) is 29.5 Å². The highest BCUT2D eigenvalue weighted by Crippen LogP contribution is 2.32. The normalized spacial score (nSPS) is 24.3. The van der Waals surface area contributed by atoms with Crippen molar-refractivity contribution in [3.05, 3.63) is 35.4 Å².